The summed E-state index contributed by atoms with van der Waals surface area (Å²) in [6, 6.07) is 14.7. The number of anilines is 1. The molecule has 7 nitrogen and oxygen atoms in total. The van der Waals surface area contributed by atoms with Gasteiger partial charge in [-0.15, -0.1) is 0 Å². The molecule has 0 unspecified atom stereocenters. The Morgan fingerprint density at radius 1 is 1.10 bits per heavy atom. The Bertz CT molecular complexity index is 1000. The Kier molecular flexibility index (Phi) is 6.16. The Morgan fingerprint density at radius 3 is 2.69 bits per heavy atom. The molecule has 0 spiro atoms. The van der Waals surface area contributed by atoms with Gasteiger partial charge < -0.3 is 14.6 Å². The number of benzene rings is 2. The lowest BCUT2D eigenvalue weighted by molar-refractivity contribution is 0.0635. The summed E-state index contributed by atoms with van der Waals surface area (Å²) in [4.78, 5) is 28.7. The van der Waals surface area contributed by atoms with E-state index in [1.54, 1.807) is 45.0 Å². The average Bonchev–Trinajstić information content (AvgIpc) is 3.07. The lowest BCUT2D eigenvalue weighted by atomic mass is 10.2. The normalized spacial score (nSPS) is 11.3. The fraction of sp³-hybridized carbons (Fsp3) is 0.318. The fourth-order valence-corrected chi connectivity index (χ4v) is 2.90. The second-order valence-electron chi connectivity index (χ2n) is 7.74. The minimum Gasteiger partial charge on any atom is -0.444 e. The maximum atomic E-state index is 12.4. The third-order valence-electron chi connectivity index (χ3n) is 4.16. The third kappa shape index (κ3) is 5.81. The summed E-state index contributed by atoms with van der Waals surface area (Å²) in [5, 5.41) is 5.56. The number of aromatic nitrogens is 2. The Hall–Kier alpha value is -3.35. The number of hydrogen-bond donors (Lipinski definition) is 2. The molecule has 2 amide bonds. The number of hydrogen-bond acceptors (Lipinski definition) is 4. The van der Waals surface area contributed by atoms with Gasteiger partial charge in [-0.2, -0.15) is 0 Å². The van der Waals surface area contributed by atoms with Gasteiger partial charge in [-0.25, -0.2) is 9.78 Å². The van der Waals surface area contributed by atoms with Crippen LogP contribution in [0.25, 0.3) is 11.0 Å². The van der Waals surface area contributed by atoms with E-state index in [1.165, 1.54) is 0 Å². The molecule has 2 aromatic carbocycles. The van der Waals surface area contributed by atoms with Gasteiger partial charge in [0.05, 0.1) is 17.4 Å². The second kappa shape index (κ2) is 8.77. The van der Waals surface area contributed by atoms with E-state index in [0.717, 1.165) is 24.0 Å². The van der Waals surface area contributed by atoms with Crippen molar-refractivity contribution in [1.29, 1.82) is 0 Å². The van der Waals surface area contributed by atoms with Crippen molar-refractivity contribution in [2.24, 2.45) is 0 Å². The molecule has 3 aromatic rings. The lowest BCUT2D eigenvalue weighted by Gasteiger charge is -2.19. The summed E-state index contributed by atoms with van der Waals surface area (Å²) >= 11 is 0. The van der Waals surface area contributed by atoms with Gasteiger partial charge in [0.2, 0.25) is 0 Å². The van der Waals surface area contributed by atoms with E-state index in [1.807, 2.05) is 30.6 Å². The summed E-state index contributed by atoms with van der Waals surface area (Å²) in [6.07, 6.45) is 2.04. The van der Waals surface area contributed by atoms with E-state index in [0.29, 0.717) is 17.8 Å². The zero-order valence-corrected chi connectivity index (χ0v) is 16.9. The molecule has 1 heterocycles. The smallest absolute Gasteiger partial charge is 0.412 e. The molecule has 0 aliphatic carbocycles. The Balaban J connectivity index is 1.50. The van der Waals surface area contributed by atoms with Crippen molar-refractivity contribution in [2.45, 2.75) is 39.3 Å². The minimum atomic E-state index is -0.584. The molecular formula is C22H26N4O3. The molecule has 2 N–H and O–H groups in total. The molecule has 0 atom stereocenters. The van der Waals surface area contributed by atoms with Crippen LogP contribution in [0.4, 0.5) is 10.5 Å². The van der Waals surface area contributed by atoms with Gasteiger partial charge in [0, 0.05) is 24.3 Å². The first-order valence-electron chi connectivity index (χ1n) is 9.60. The lowest BCUT2D eigenvalue weighted by Crippen LogP contribution is -2.27. The first kappa shape index (κ1) is 20.4. The van der Waals surface area contributed by atoms with Gasteiger partial charge in [0.25, 0.3) is 5.91 Å². The summed E-state index contributed by atoms with van der Waals surface area (Å²) in [7, 11) is 0. The number of imidazole rings is 1. The van der Waals surface area contributed by atoms with Crippen LogP contribution in [0.5, 0.6) is 0 Å². The average molecular weight is 394 g/mol. The molecule has 152 valence electrons. The monoisotopic (exact) mass is 394 g/mol. The number of carbonyl (C=O) groups is 2. The molecule has 0 aliphatic rings. The number of carbonyl (C=O) groups excluding carboxylic acids is 2. The zero-order chi connectivity index (χ0) is 20.9. The number of para-hydroxylation sites is 2. The van der Waals surface area contributed by atoms with Gasteiger partial charge >= 0.3 is 6.09 Å². The first-order chi connectivity index (χ1) is 13.8. The van der Waals surface area contributed by atoms with Gasteiger partial charge in [-0.05, 0) is 57.5 Å². The molecule has 0 fully saturated rings. The standard InChI is InChI=1S/C22H26N4O3/c1-22(2,3)29-21(28)25-17-9-6-8-16(14-17)20(27)23-12-7-13-26-15-24-18-10-4-5-11-19(18)26/h4-6,8-11,14-15H,7,12-13H2,1-3H3,(H,23,27)(H,25,28). The van der Waals surface area contributed by atoms with Crippen molar-refractivity contribution in [3.63, 3.8) is 0 Å². The summed E-state index contributed by atoms with van der Waals surface area (Å²) < 4.78 is 7.31. The molecule has 0 saturated carbocycles. The number of ether oxygens (including phenoxy) is 1. The predicted molar refractivity (Wildman–Crippen MR) is 113 cm³/mol. The van der Waals surface area contributed by atoms with Crippen LogP contribution < -0.4 is 10.6 Å². The number of rotatable bonds is 6. The molecule has 0 radical (unpaired) electrons. The van der Waals surface area contributed by atoms with Crippen LogP contribution in [0, 0.1) is 0 Å². The highest BCUT2D eigenvalue weighted by Crippen LogP contribution is 2.14. The third-order valence-corrected chi connectivity index (χ3v) is 4.16. The van der Waals surface area contributed by atoms with Crippen LogP contribution >= 0.6 is 0 Å². The quantitative estimate of drug-likeness (QED) is 0.614. The molecule has 0 aliphatic heterocycles. The van der Waals surface area contributed by atoms with E-state index in [4.69, 9.17) is 4.74 Å². The van der Waals surface area contributed by atoms with E-state index < -0.39 is 11.7 Å². The molecule has 7 heteroatoms. The highest BCUT2D eigenvalue weighted by Gasteiger charge is 2.16. The van der Waals surface area contributed by atoms with Crippen molar-refractivity contribution in [1.82, 2.24) is 14.9 Å². The van der Waals surface area contributed by atoms with Crippen molar-refractivity contribution in [3.05, 3.63) is 60.4 Å². The number of nitrogens with zero attached hydrogens (tertiary/aromatic N) is 2. The Labute approximate surface area is 170 Å². The highest BCUT2D eigenvalue weighted by molar-refractivity contribution is 5.96. The van der Waals surface area contributed by atoms with Crippen LogP contribution in [0.3, 0.4) is 0 Å². The van der Waals surface area contributed by atoms with Crippen molar-refractivity contribution < 1.29 is 14.3 Å². The predicted octanol–water partition coefficient (Wildman–Crippen LogP) is 4.20. The Morgan fingerprint density at radius 2 is 1.90 bits per heavy atom. The molecule has 3 rings (SSSR count). The van der Waals surface area contributed by atoms with Crippen molar-refractivity contribution in [3.8, 4) is 0 Å². The number of fused-ring (bicyclic) bond motifs is 1. The minimum absolute atomic E-state index is 0.187. The summed E-state index contributed by atoms with van der Waals surface area (Å²) in [6.45, 7) is 6.69. The number of aryl methyl sites for hydroxylation is 1. The van der Waals surface area contributed by atoms with E-state index in [2.05, 4.69) is 20.2 Å². The fourth-order valence-electron chi connectivity index (χ4n) is 2.90. The largest absolute Gasteiger partial charge is 0.444 e. The molecule has 0 bridgehead atoms. The van der Waals surface area contributed by atoms with Gasteiger partial charge in [-0.3, -0.25) is 10.1 Å². The van der Waals surface area contributed by atoms with Gasteiger partial charge in [0.1, 0.15) is 5.60 Å². The van der Waals surface area contributed by atoms with Crippen LogP contribution in [0.1, 0.15) is 37.6 Å². The van der Waals surface area contributed by atoms with Crippen molar-refractivity contribution >= 4 is 28.7 Å². The first-order valence-corrected chi connectivity index (χ1v) is 9.60. The van der Waals surface area contributed by atoms with Crippen LogP contribution in [0.2, 0.25) is 0 Å². The van der Waals surface area contributed by atoms with Gasteiger partial charge in [0.15, 0.2) is 0 Å². The van der Waals surface area contributed by atoms with Crippen LogP contribution in [-0.2, 0) is 11.3 Å². The highest BCUT2D eigenvalue weighted by atomic mass is 16.6. The second-order valence-corrected chi connectivity index (χ2v) is 7.74. The maximum Gasteiger partial charge on any atom is 0.412 e. The van der Waals surface area contributed by atoms with Crippen LogP contribution in [0.15, 0.2) is 54.9 Å². The summed E-state index contributed by atoms with van der Waals surface area (Å²) in [5.74, 6) is -0.187. The van der Waals surface area contributed by atoms with E-state index >= 15 is 0 Å². The van der Waals surface area contributed by atoms with Crippen LogP contribution in [-0.4, -0.2) is 33.7 Å². The zero-order valence-electron chi connectivity index (χ0n) is 16.9. The summed E-state index contributed by atoms with van der Waals surface area (Å²) in [5.41, 5.74) is 2.45. The molecule has 1 aromatic heterocycles. The number of nitrogens with one attached hydrogen (secondary N) is 2. The van der Waals surface area contributed by atoms with E-state index in [9.17, 15) is 9.59 Å². The topological polar surface area (TPSA) is 85.2 Å². The SMILES string of the molecule is CC(C)(C)OC(=O)Nc1cccc(C(=O)NCCCn2cnc3ccccc32)c1. The molecule has 29 heavy (non-hydrogen) atoms. The maximum absolute atomic E-state index is 12.4. The van der Waals surface area contributed by atoms with E-state index in [-0.39, 0.29) is 5.91 Å². The molecule has 0 saturated heterocycles. The van der Waals surface area contributed by atoms with Crippen molar-refractivity contribution in [2.75, 3.05) is 11.9 Å². The molecular weight excluding hydrogens is 368 g/mol. The van der Waals surface area contributed by atoms with Gasteiger partial charge in [-0.1, -0.05) is 18.2 Å². The number of amides is 2.